The van der Waals surface area contributed by atoms with Crippen molar-refractivity contribution in [2.45, 2.75) is 31.7 Å². The Balaban J connectivity index is 2.11. The molecule has 1 aromatic heterocycles. The number of amides is 1. The van der Waals surface area contributed by atoms with Gasteiger partial charge in [0.15, 0.2) is 0 Å². The Hall–Kier alpha value is -2.11. The smallest absolute Gasteiger partial charge is 0.308 e. The highest BCUT2D eigenvalue weighted by Crippen LogP contribution is 2.25. The molecule has 0 saturated heterocycles. The Bertz CT molecular complexity index is 504. The molecule has 1 heterocycles. The molecular formula is C14H18N2O4. The van der Waals surface area contributed by atoms with Gasteiger partial charge in [0.05, 0.1) is 24.8 Å². The minimum atomic E-state index is -0.850. The number of ether oxygens (including phenoxy) is 1. The Labute approximate surface area is 117 Å². The summed E-state index contributed by atoms with van der Waals surface area (Å²) in [5, 5.41) is 12.0. The zero-order valence-electron chi connectivity index (χ0n) is 11.3. The number of aliphatic carboxylic acids is 1. The van der Waals surface area contributed by atoms with E-state index in [9.17, 15) is 14.7 Å². The van der Waals surface area contributed by atoms with E-state index in [1.165, 1.54) is 19.5 Å². The Morgan fingerprint density at radius 2 is 2.15 bits per heavy atom. The summed E-state index contributed by atoms with van der Waals surface area (Å²) in [6, 6.07) is 1.24. The van der Waals surface area contributed by atoms with Crippen molar-refractivity contribution in [3.05, 3.63) is 24.0 Å². The first-order chi connectivity index (χ1) is 9.63. The number of carbonyl (C=O) groups excluding carboxylic acids is 1. The van der Waals surface area contributed by atoms with Crippen LogP contribution in [0.4, 0.5) is 0 Å². The van der Waals surface area contributed by atoms with E-state index >= 15 is 0 Å². The van der Waals surface area contributed by atoms with Crippen molar-refractivity contribution in [3.63, 3.8) is 0 Å². The number of pyridine rings is 1. The number of methoxy groups -OCH3 is 1. The van der Waals surface area contributed by atoms with Gasteiger partial charge in [-0.25, -0.2) is 0 Å². The normalized spacial score (nSPS) is 22.1. The Kier molecular flexibility index (Phi) is 4.55. The Morgan fingerprint density at radius 1 is 1.40 bits per heavy atom. The third-order valence-electron chi connectivity index (χ3n) is 3.65. The van der Waals surface area contributed by atoms with Crippen molar-refractivity contribution in [2.75, 3.05) is 7.11 Å². The lowest BCUT2D eigenvalue weighted by molar-refractivity contribution is -0.143. The van der Waals surface area contributed by atoms with Gasteiger partial charge in [0.1, 0.15) is 5.75 Å². The van der Waals surface area contributed by atoms with Crippen LogP contribution < -0.4 is 10.1 Å². The van der Waals surface area contributed by atoms with Crippen molar-refractivity contribution in [2.24, 2.45) is 5.92 Å². The van der Waals surface area contributed by atoms with Gasteiger partial charge in [-0.05, 0) is 18.9 Å². The summed E-state index contributed by atoms with van der Waals surface area (Å²) in [6.45, 7) is 0. The number of nitrogens with one attached hydrogen (secondary N) is 1. The molecule has 20 heavy (non-hydrogen) atoms. The van der Waals surface area contributed by atoms with E-state index in [1.807, 2.05) is 0 Å². The lowest BCUT2D eigenvalue weighted by Crippen LogP contribution is -2.45. The number of hydrogen-bond acceptors (Lipinski definition) is 4. The van der Waals surface area contributed by atoms with E-state index in [0.717, 1.165) is 12.8 Å². The van der Waals surface area contributed by atoms with Gasteiger partial charge in [0, 0.05) is 12.2 Å². The SMILES string of the molecule is COc1cnccc1C(=O)NC1CCCCC1C(=O)O. The first kappa shape index (κ1) is 14.3. The highest BCUT2D eigenvalue weighted by molar-refractivity contribution is 5.97. The molecule has 1 saturated carbocycles. The van der Waals surface area contributed by atoms with E-state index in [0.29, 0.717) is 24.2 Å². The summed E-state index contributed by atoms with van der Waals surface area (Å²) in [5.74, 6) is -1.30. The fourth-order valence-electron chi connectivity index (χ4n) is 2.58. The van der Waals surface area contributed by atoms with Crippen LogP contribution in [-0.4, -0.2) is 35.1 Å². The maximum atomic E-state index is 12.2. The zero-order valence-corrected chi connectivity index (χ0v) is 11.3. The van der Waals surface area contributed by atoms with Gasteiger partial charge in [-0.2, -0.15) is 0 Å². The molecule has 1 aromatic rings. The third kappa shape index (κ3) is 3.07. The minimum absolute atomic E-state index is 0.317. The van der Waals surface area contributed by atoms with Crippen LogP contribution in [0.15, 0.2) is 18.5 Å². The molecule has 2 rings (SSSR count). The van der Waals surface area contributed by atoms with Crippen LogP contribution in [0, 0.1) is 5.92 Å². The van der Waals surface area contributed by atoms with Crippen molar-refractivity contribution < 1.29 is 19.4 Å². The van der Waals surface area contributed by atoms with Gasteiger partial charge >= 0.3 is 5.97 Å². The molecule has 2 unspecified atom stereocenters. The zero-order chi connectivity index (χ0) is 14.5. The molecular weight excluding hydrogens is 260 g/mol. The molecule has 0 aliphatic heterocycles. The fraction of sp³-hybridized carbons (Fsp3) is 0.500. The quantitative estimate of drug-likeness (QED) is 0.870. The molecule has 1 amide bonds. The van der Waals surface area contributed by atoms with Gasteiger partial charge in [-0.3, -0.25) is 14.6 Å². The molecule has 6 heteroatoms. The van der Waals surface area contributed by atoms with Crippen molar-refractivity contribution in [1.82, 2.24) is 10.3 Å². The van der Waals surface area contributed by atoms with Crippen LogP contribution in [-0.2, 0) is 4.79 Å². The van der Waals surface area contributed by atoms with Gasteiger partial charge in [-0.15, -0.1) is 0 Å². The number of aromatic nitrogens is 1. The minimum Gasteiger partial charge on any atom is -0.494 e. The second kappa shape index (κ2) is 6.36. The van der Waals surface area contributed by atoms with E-state index in [2.05, 4.69) is 10.3 Å². The van der Waals surface area contributed by atoms with Gasteiger partial charge in [0.2, 0.25) is 0 Å². The molecule has 2 atom stereocenters. The maximum Gasteiger partial charge on any atom is 0.308 e. The summed E-state index contributed by atoms with van der Waals surface area (Å²) in [6.07, 6.45) is 6.09. The largest absolute Gasteiger partial charge is 0.494 e. The molecule has 1 fully saturated rings. The predicted octanol–water partition coefficient (Wildman–Crippen LogP) is 1.46. The molecule has 0 spiro atoms. The van der Waals surface area contributed by atoms with Gasteiger partial charge < -0.3 is 15.2 Å². The van der Waals surface area contributed by atoms with Crippen LogP contribution in [0.5, 0.6) is 5.75 Å². The summed E-state index contributed by atoms with van der Waals surface area (Å²) in [7, 11) is 1.47. The van der Waals surface area contributed by atoms with Crippen molar-refractivity contribution in [1.29, 1.82) is 0 Å². The first-order valence-corrected chi connectivity index (χ1v) is 6.65. The molecule has 1 aliphatic carbocycles. The second-order valence-corrected chi connectivity index (χ2v) is 4.89. The fourth-order valence-corrected chi connectivity index (χ4v) is 2.58. The van der Waals surface area contributed by atoms with Crippen molar-refractivity contribution in [3.8, 4) is 5.75 Å². The van der Waals surface area contributed by atoms with Crippen LogP contribution in [0.25, 0.3) is 0 Å². The maximum absolute atomic E-state index is 12.2. The van der Waals surface area contributed by atoms with Crippen LogP contribution in [0.1, 0.15) is 36.0 Å². The number of nitrogens with zero attached hydrogens (tertiary/aromatic N) is 1. The summed E-state index contributed by atoms with van der Waals surface area (Å²) >= 11 is 0. The first-order valence-electron chi connectivity index (χ1n) is 6.65. The molecule has 1 aliphatic rings. The Morgan fingerprint density at radius 3 is 2.85 bits per heavy atom. The molecule has 6 nitrogen and oxygen atoms in total. The summed E-state index contributed by atoms with van der Waals surface area (Å²) < 4.78 is 5.09. The topological polar surface area (TPSA) is 88.5 Å². The summed E-state index contributed by atoms with van der Waals surface area (Å²) in [4.78, 5) is 27.4. The van der Waals surface area contributed by atoms with Crippen molar-refractivity contribution >= 4 is 11.9 Å². The number of hydrogen-bond donors (Lipinski definition) is 2. The average molecular weight is 278 g/mol. The molecule has 0 radical (unpaired) electrons. The number of rotatable bonds is 4. The van der Waals surface area contributed by atoms with E-state index in [-0.39, 0.29) is 11.9 Å². The molecule has 0 bridgehead atoms. The number of carbonyl (C=O) groups is 2. The summed E-state index contributed by atoms with van der Waals surface area (Å²) in [5.41, 5.74) is 0.372. The number of carboxylic acids is 1. The van der Waals surface area contributed by atoms with E-state index < -0.39 is 11.9 Å². The highest BCUT2D eigenvalue weighted by Gasteiger charge is 2.32. The van der Waals surface area contributed by atoms with E-state index in [4.69, 9.17) is 4.74 Å². The van der Waals surface area contributed by atoms with Crippen LogP contribution in [0.2, 0.25) is 0 Å². The lowest BCUT2D eigenvalue weighted by atomic mass is 9.84. The van der Waals surface area contributed by atoms with Gasteiger partial charge in [-0.1, -0.05) is 12.8 Å². The van der Waals surface area contributed by atoms with E-state index in [1.54, 1.807) is 6.07 Å². The molecule has 0 aromatic carbocycles. The van der Waals surface area contributed by atoms with Crippen LogP contribution in [0.3, 0.4) is 0 Å². The predicted molar refractivity (Wildman–Crippen MR) is 71.6 cm³/mol. The lowest BCUT2D eigenvalue weighted by Gasteiger charge is -2.29. The second-order valence-electron chi connectivity index (χ2n) is 4.89. The average Bonchev–Trinajstić information content (AvgIpc) is 2.47. The van der Waals surface area contributed by atoms with Crippen LogP contribution >= 0.6 is 0 Å². The van der Waals surface area contributed by atoms with Gasteiger partial charge in [0.25, 0.3) is 5.91 Å². The standard InChI is InChI=1S/C14H18N2O4/c1-20-12-8-15-7-6-10(12)13(17)16-11-5-3-2-4-9(11)14(18)19/h6-9,11H,2-5H2,1H3,(H,16,17)(H,18,19). The third-order valence-corrected chi connectivity index (χ3v) is 3.65. The molecule has 108 valence electrons. The monoisotopic (exact) mass is 278 g/mol. The molecule has 2 N–H and O–H groups in total. The number of carboxylic acid groups (broad SMARTS) is 1. The highest BCUT2D eigenvalue weighted by atomic mass is 16.5.